The predicted molar refractivity (Wildman–Crippen MR) is 120 cm³/mol. The predicted octanol–water partition coefficient (Wildman–Crippen LogP) is 3.13. The van der Waals surface area contributed by atoms with Crippen LogP contribution < -0.4 is 15.4 Å². The number of nitrogens with zero attached hydrogens (tertiary/aromatic N) is 1. The van der Waals surface area contributed by atoms with E-state index in [9.17, 15) is 18.0 Å². The van der Waals surface area contributed by atoms with Gasteiger partial charge in [0.05, 0.1) is 16.5 Å². The Hall–Kier alpha value is -2.43. The Bertz CT molecular complexity index is 1150. The molecular weight excluding hydrogens is 486 g/mol. The summed E-state index contributed by atoms with van der Waals surface area (Å²) in [7, 11) is -3.83. The molecule has 0 unspecified atom stereocenters. The molecule has 1 atom stereocenters. The maximum atomic E-state index is 13.4. The molecule has 2 N–H and O–H groups in total. The molecule has 0 saturated carbocycles. The number of aryl methyl sites for hydroxylation is 1. The highest BCUT2D eigenvalue weighted by molar-refractivity contribution is 9.10. The summed E-state index contributed by atoms with van der Waals surface area (Å²) in [5.41, 5.74) is 1.62. The van der Waals surface area contributed by atoms with Crippen LogP contribution >= 0.6 is 15.9 Å². The van der Waals surface area contributed by atoms with Crippen molar-refractivity contribution in [2.75, 3.05) is 30.3 Å². The SMILES string of the molecule is Cc1cc2c(cc1S(=O)(=O)N1CCC[C@@H](C(=O)Nc3cccc(Br)c3)C1)OCC(=O)N2. The van der Waals surface area contributed by atoms with Gasteiger partial charge >= 0.3 is 0 Å². The molecule has 0 radical (unpaired) electrons. The maximum Gasteiger partial charge on any atom is 0.262 e. The minimum atomic E-state index is -3.83. The van der Waals surface area contributed by atoms with Gasteiger partial charge in [-0.25, -0.2) is 8.42 Å². The summed E-state index contributed by atoms with van der Waals surface area (Å²) in [5, 5.41) is 5.55. The minimum absolute atomic E-state index is 0.107. The van der Waals surface area contributed by atoms with Gasteiger partial charge < -0.3 is 15.4 Å². The van der Waals surface area contributed by atoms with Gasteiger partial charge in [-0.1, -0.05) is 22.0 Å². The van der Waals surface area contributed by atoms with Crippen LogP contribution in [-0.4, -0.2) is 44.2 Å². The van der Waals surface area contributed by atoms with Gasteiger partial charge in [-0.2, -0.15) is 4.31 Å². The zero-order valence-corrected chi connectivity index (χ0v) is 19.3. The third-order valence-corrected chi connectivity index (χ3v) is 7.88. The van der Waals surface area contributed by atoms with E-state index in [0.29, 0.717) is 42.1 Å². The van der Waals surface area contributed by atoms with Gasteiger partial charge in [0, 0.05) is 29.3 Å². The summed E-state index contributed by atoms with van der Waals surface area (Å²) in [6.07, 6.45) is 1.20. The Labute approximate surface area is 189 Å². The van der Waals surface area contributed by atoms with Crippen molar-refractivity contribution in [3.05, 3.63) is 46.4 Å². The molecule has 0 bridgehead atoms. The fourth-order valence-corrected chi connectivity index (χ4v) is 5.96. The van der Waals surface area contributed by atoms with E-state index in [-0.39, 0.29) is 29.9 Å². The first-order valence-corrected chi connectivity index (χ1v) is 12.1. The molecule has 8 nitrogen and oxygen atoms in total. The fraction of sp³-hybridized carbons (Fsp3) is 0.333. The third-order valence-electron chi connectivity index (χ3n) is 5.37. The van der Waals surface area contributed by atoms with E-state index in [1.54, 1.807) is 25.1 Å². The Kier molecular flexibility index (Phi) is 6.05. The van der Waals surface area contributed by atoms with E-state index >= 15 is 0 Å². The summed E-state index contributed by atoms with van der Waals surface area (Å²) in [4.78, 5) is 24.4. The van der Waals surface area contributed by atoms with Crippen molar-refractivity contribution >= 4 is 49.1 Å². The first kappa shape index (κ1) is 21.8. The molecular formula is C21H22BrN3O5S. The highest BCUT2D eigenvalue weighted by Gasteiger charge is 2.35. The molecule has 2 aliphatic heterocycles. The van der Waals surface area contributed by atoms with Crippen molar-refractivity contribution in [1.82, 2.24) is 4.31 Å². The summed E-state index contributed by atoms with van der Waals surface area (Å²) in [5.74, 6) is -0.607. The Morgan fingerprint density at radius 3 is 2.87 bits per heavy atom. The number of benzene rings is 2. The number of sulfonamides is 1. The molecule has 0 spiro atoms. The average Bonchev–Trinajstić information content (AvgIpc) is 2.73. The second-order valence-corrected chi connectivity index (χ2v) is 10.5. The van der Waals surface area contributed by atoms with Gasteiger partial charge in [0.25, 0.3) is 5.91 Å². The van der Waals surface area contributed by atoms with E-state index in [0.717, 1.165) is 4.47 Å². The summed E-state index contributed by atoms with van der Waals surface area (Å²) in [6.45, 7) is 1.97. The van der Waals surface area contributed by atoms with Gasteiger partial charge in [0.1, 0.15) is 5.75 Å². The van der Waals surface area contributed by atoms with Crippen LogP contribution in [0.2, 0.25) is 0 Å². The maximum absolute atomic E-state index is 13.4. The molecule has 0 aromatic heterocycles. The molecule has 164 valence electrons. The van der Waals surface area contributed by atoms with Gasteiger partial charge in [-0.05, 0) is 49.6 Å². The number of fused-ring (bicyclic) bond motifs is 1. The minimum Gasteiger partial charge on any atom is -0.482 e. The topological polar surface area (TPSA) is 105 Å². The highest BCUT2D eigenvalue weighted by Crippen LogP contribution is 2.35. The molecule has 2 aliphatic rings. The molecule has 2 heterocycles. The number of carbonyl (C=O) groups is 2. The largest absolute Gasteiger partial charge is 0.482 e. The zero-order valence-electron chi connectivity index (χ0n) is 16.9. The van der Waals surface area contributed by atoms with Crippen molar-refractivity contribution in [3.63, 3.8) is 0 Å². The van der Waals surface area contributed by atoms with Crippen LogP contribution in [0.3, 0.4) is 0 Å². The third kappa shape index (κ3) is 4.60. The Morgan fingerprint density at radius 1 is 1.29 bits per heavy atom. The van der Waals surface area contributed by atoms with E-state index in [4.69, 9.17) is 4.74 Å². The first-order valence-electron chi connectivity index (χ1n) is 9.88. The van der Waals surface area contributed by atoms with E-state index in [1.807, 2.05) is 12.1 Å². The molecule has 31 heavy (non-hydrogen) atoms. The van der Waals surface area contributed by atoms with Gasteiger partial charge in [0.2, 0.25) is 15.9 Å². The van der Waals surface area contributed by atoms with Crippen molar-refractivity contribution in [1.29, 1.82) is 0 Å². The van der Waals surface area contributed by atoms with E-state index in [2.05, 4.69) is 26.6 Å². The summed E-state index contributed by atoms with van der Waals surface area (Å²) >= 11 is 3.37. The van der Waals surface area contributed by atoms with Crippen LogP contribution in [0.25, 0.3) is 0 Å². The number of ether oxygens (including phenoxy) is 1. The molecule has 0 aliphatic carbocycles. The van der Waals surface area contributed by atoms with Crippen molar-refractivity contribution in [3.8, 4) is 5.75 Å². The molecule has 4 rings (SSSR count). The zero-order chi connectivity index (χ0) is 22.2. The van der Waals surface area contributed by atoms with Gasteiger partial charge in [0.15, 0.2) is 6.61 Å². The average molecular weight is 508 g/mol. The lowest BCUT2D eigenvalue weighted by Gasteiger charge is -2.32. The van der Waals surface area contributed by atoms with Crippen LogP contribution in [0.1, 0.15) is 18.4 Å². The van der Waals surface area contributed by atoms with Crippen LogP contribution in [-0.2, 0) is 19.6 Å². The van der Waals surface area contributed by atoms with Crippen LogP contribution in [0.5, 0.6) is 5.75 Å². The number of amides is 2. The van der Waals surface area contributed by atoms with Crippen LogP contribution in [0.15, 0.2) is 45.8 Å². The number of rotatable bonds is 4. The van der Waals surface area contributed by atoms with Crippen molar-refractivity contribution in [2.45, 2.75) is 24.7 Å². The van der Waals surface area contributed by atoms with Crippen molar-refractivity contribution in [2.24, 2.45) is 5.92 Å². The monoisotopic (exact) mass is 507 g/mol. The summed E-state index contributed by atoms with van der Waals surface area (Å²) in [6, 6.07) is 10.3. The number of piperidine rings is 1. The fourth-order valence-electron chi connectivity index (χ4n) is 3.82. The number of carbonyl (C=O) groups excluding carboxylic acids is 2. The lowest BCUT2D eigenvalue weighted by atomic mass is 9.99. The van der Waals surface area contributed by atoms with E-state index < -0.39 is 15.9 Å². The summed E-state index contributed by atoms with van der Waals surface area (Å²) < 4.78 is 34.3. The quantitative estimate of drug-likeness (QED) is 0.661. The number of anilines is 2. The van der Waals surface area contributed by atoms with Crippen LogP contribution in [0.4, 0.5) is 11.4 Å². The van der Waals surface area contributed by atoms with E-state index in [1.165, 1.54) is 10.4 Å². The molecule has 2 aromatic rings. The second-order valence-electron chi connectivity index (χ2n) is 7.65. The van der Waals surface area contributed by atoms with Crippen LogP contribution in [0, 0.1) is 12.8 Å². The molecule has 2 aromatic carbocycles. The van der Waals surface area contributed by atoms with Gasteiger partial charge in [-0.15, -0.1) is 0 Å². The molecule has 2 amide bonds. The molecule has 1 fully saturated rings. The lowest BCUT2D eigenvalue weighted by Crippen LogP contribution is -2.43. The smallest absolute Gasteiger partial charge is 0.262 e. The second kappa shape index (κ2) is 8.60. The number of hydrogen-bond acceptors (Lipinski definition) is 5. The number of hydrogen-bond donors (Lipinski definition) is 2. The number of nitrogens with one attached hydrogen (secondary N) is 2. The first-order chi connectivity index (χ1) is 14.7. The normalized spacial score (nSPS) is 19.2. The number of halogens is 1. The molecule has 1 saturated heterocycles. The Balaban J connectivity index is 1.53. The van der Waals surface area contributed by atoms with Gasteiger partial charge in [-0.3, -0.25) is 9.59 Å². The standard InChI is InChI=1S/C21H22BrN3O5S/c1-13-8-17-18(30-12-20(26)24-17)10-19(13)31(28,29)25-7-3-4-14(11-25)21(27)23-16-6-2-5-15(22)9-16/h2,5-6,8-10,14H,3-4,7,11-12H2,1H3,(H,23,27)(H,24,26)/t14-/m1/s1. The highest BCUT2D eigenvalue weighted by atomic mass is 79.9. The van der Waals surface area contributed by atoms with Crippen molar-refractivity contribution < 1.29 is 22.7 Å². The Morgan fingerprint density at radius 2 is 2.10 bits per heavy atom. The lowest BCUT2D eigenvalue weighted by molar-refractivity contribution is -0.121. The molecule has 10 heteroatoms.